The van der Waals surface area contributed by atoms with Gasteiger partial charge < -0.3 is 16.2 Å². The fourth-order valence-electron chi connectivity index (χ4n) is 1.98. The van der Waals surface area contributed by atoms with Crippen molar-refractivity contribution in [1.82, 2.24) is 0 Å². The lowest BCUT2D eigenvalue weighted by Crippen LogP contribution is -2.15. The predicted molar refractivity (Wildman–Crippen MR) is 79.5 cm³/mol. The molecule has 4 nitrogen and oxygen atoms in total. The number of phenols is 1. The molecule has 0 unspecified atom stereocenters. The maximum Gasteiger partial charge on any atom is 0.228 e. The summed E-state index contributed by atoms with van der Waals surface area (Å²) >= 11 is 0. The average Bonchev–Trinajstić information content (AvgIpc) is 2.41. The van der Waals surface area contributed by atoms with Gasteiger partial charge in [-0.2, -0.15) is 0 Å². The Hall–Kier alpha value is -2.33. The molecule has 2 rings (SSSR count). The van der Waals surface area contributed by atoms with Gasteiger partial charge >= 0.3 is 0 Å². The Morgan fingerprint density at radius 1 is 1.20 bits per heavy atom. The number of aryl methyl sites for hydroxylation is 1. The minimum atomic E-state index is -0.118. The van der Waals surface area contributed by atoms with E-state index in [1.54, 1.807) is 18.2 Å². The van der Waals surface area contributed by atoms with E-state index in [1.807, 2.05) is 31.2 Å². The maximum atomic E-state index is 12.0. The van der Waals surface area contributed by atoms with Gasteiger partial charge in [0.1, 0.15) is 5.75 Å². The van der Waals surface area contributed by atoms with E-state index in [9.17, 15) is 9.90 Å². The molecule has 0 aliphatic heterocycles. The predicted octanol–water partition coefficient (Wildman–Crippen LogP) is 2.34. The first-order valence-electron chi connectivity index (χ1n) is 6.46. The van der Waals surface area contributed by atoms with Crippen molar-refractivity contribution in [3.8, 4) is 5.75 Å². The number of nitrogens with two attached hydrogens (primary N) is 1. The van der Waals surface area contributed by atoms with Crippen molar-refractivity contribution in [2.75, 3.05) is 5.32 Å². The normalized spacial score (nSPS) is 10.3. The van der Waals surface area contributed by atoms with E-state index < -0.39 is 0 Å². The van der Waals surface area contributed by atoms with Gasteiger partial charge in [-0.05, 0) is 41.8 Å². The van der Waals surface area contributed by atoms with Crippen molar-refractivity contribution in [2.45, 2.75) is 19.9 Å². The number of nitrogens with one attached hydrogen (secondary N) is 1. The van der Waals surface area contributed by atoms with Crippen molar-refractivity contribution in [3.05, 3.63) is 59.2 Å². The zero-order valence-electron chi connectivity index (χ0n) is 11.4. The van der Waals surface area contributed by atoms with Gasteiger partial charge in [0.2, 0.25) is 5.91 Å². The largest absolute Gasteiger partial charge is 0.508 e. The number of rotatable bonds is 4. The first kappa shape index (κ1) is 14.1. The Morgan fingerprint density at radius 2 is 2.00 bits per heavy atom. The molecule has 2 aromatic rings. The van der Waals surface area contributed by atoms with E-state index in [1.165, 1.54) is 0 Å². The quantitative estimate of drug-likeness (QED) is 0.798. The van der Waals surface area contributed by atoms with Crippen LogP contribution in [0.2, 0.25) is 0 Å². The lowest BCUT2D eigenvalue weighted by atomic mass is 10.1. The Kier molecular flexibility index (Phi) is 4.38. The van der Waals surface area contributed by atoms with Gasteiger partial charge in [-0.1, -0.05) is 24.3 Å². The molecule has 0 heterocycles. The SMILES string of the molecule is Cc1ccc(CN)cc1NC(=O)Cc1cccc(O)c1. The number of hydrogen-bond donors (Lipinski definition) is 3. The minimum absolute atomic E-state index is 0.118. The van der Waals surface area contributed by atoms with Crippen molar-refractivity contribution in [3.63, 3.8) is 0 Å². The Balaban J connectivity index is 2.08. The second-order valence-corrected chi connectivity index (χ2v) is 4.75. The summed E-state index contributed by atoms with van der Waals surface area (Å²) in [6.07, 6.45) is 0.223. The topological polar surface area (TPSA) is 75.3 Å². The molecule has 4 N–H and O–H groups in total. The average molecular weight is 270 g/mol. The Labute approximate surface area is 118 Å². The van der Waals surface area contributed by atoms with Crippen LogP contribution in [-0.4, -0.2) is 11.0 Å². The van der Waals surface area contributed by atoms with E-state index in [0.29, 0.717) is 6.54 Å². The van der Waals surface area contributed by atoms with Crippen LogP contribution in [0.25, 0.3) is 0 Å². The van der Waals surface area contributed by atoms with Crippen LogP contribution in [0.1, 0.15) is 16.7 Å². The molecule has 0 saturated carbocycles. The highest BCUT2D eigenvalue weighted by Gasteiger charge is 2.07. The number of benzene rings is 2. The third-order valence-corrected chi connectivity index (χ3v) is 3.09. The second-order valence-electron chi connectivity index (χ2n) is 4.75. The van der Waals surface area contributed by atoms with Gasteiger partial charge in [-0.3, -0.25) is 4.79 Å². The molecule has 0 aromatic heterocycles. The molecule has 0 atom stereocenters. The third-order valence-electron chi connectivity index (χ3n) is 3.09. The van der Waals surface area contributed by atoms with Crippen LogP contribution in [0.4, 0.5) is 5.69 Å². The highest BCUT2D eigenvalue weighted by molar-refractivity contribution is 5.93. The Bertz CT molecular complexity index is 624. The minimum Gasteiger partial charge on any atom is -0.508 e. The van der Waals surface area contributed by atoms with Gasteiger partial charge in [0.05, 0.1) is 6.42 Å². The number of amides is 1. The van der Waals surface area contributed by atoms with Gasteiger partial charge in [0, 0.05) is 12.2 Å². The summed E-state index contributed by atoms with van der Waals surface area (Å²) in [5, 5.41) is 12.3. The number of anilines is 1. The van der Waals surface area contributed by atoms with Crippen LogP contribution >= 0.6 is 0 Å². The fourth-order valence-corrected chi connectivity index (χ4v) is 1.98. The molecule has 2 aromatic carbocycles. The van der Waals surface area contributed by atoms with Crippen LogP contribution in [0.3, 0.4) is 0 Å². The lowest BCUT2D eigenvalue weighted by molar-refractivity contribution is -0.115. The summed E-state index contributed by atoms with van der Waals surface area (Å²) in [6.45, 7) is 2.37. The summed E-state index contributed by atoms with van der Waals surface area (Å²) in [4.78, 5) is 12.0. The molecule has 20 heavy (non-hydrogen) atoms. The maximum absolute atomic E-state index is 12.0. The smallest absolute Gasteiger partial charge is 0.228 e. The summed E-state index contributed by atoms with van der Waals surface area (Å²) in [7, 11) is 0. The standard InChI is InChI=1S/C16H18N2O2/c1-11-5-6-13(10-17)8-15(11)18-16(20)9-12-3-2-4-14(19)7-12/h2-8,19H,9-10,17H2,1H3,(H,18,20). The van der Waals surface area contributed by atoms with Gasteiger partial charge in [-0.15, -0.1) is 0 Å². The van der Waals surface area contributed by atoms with E-state index in [-0.39, 0.29) is 18.1 Å². The Morgan fingerprint density at radius 3 is 2.70 bits per heavy atom. The molecule has 104 valence electrons. The first-order chi connectivity index (χ1) is 9.58. The molecule has 1 amide bonds. The number of hydrogen-bond acceptors (Lipinski definition) is 3. The zero-order valence-corrected chi connectivity index (χ0v) is 11.4. The van der Waals surface area contributed by atoms with Crippen LogP contribution in [0, 0.1) is 6.92 Å². The van der Waals surface area contributed by atoms with Gasteiger partial charge in [0.25, 0.3) is 0 Å². The summed E-state index contributed by atoms with van der Waals surface area (Å²) in [6, 6.07) is 12.5. The summed E-state index contributed by atoms with van der Waals surface area (Å²) in [5.74, 6) is 0.0458. The van der Waals surface area contributed by atoms with Crippen molar-refractivity contribution < 1.29 is 9.90 Å². The number of aromatic hydroxyl groups is 1. The summed E-state index contributed by atoms with van der Waals surface area (Å²) in [5.41, 5.74) is 9.12. The first-order valence-corrected chi connectivity index (χ1v) is 6.46. The monoisotopic (exact) mass is 270 g/mol. The molecule has 0 fully saturated rings. The van der Waals surface area contributed by atoms with Crippen molar-refractivity contribution in [2.24, 2.45) is 5.73 Å². The van der Waals surface area contributed by atoms with E-state index in [2.05, 4.69) is 5.32 Å². The molecule has 0 spiro atoms. The molecule has 0 saturated heterocycles. The van der Waals surface area contributed by atoms with Crippen LogP contribution in [-0.2, 0) is 17.8 Å². The van der Waals surface area contributed by atoms with Crippen LogP contribution in [0.15, 0.2) is 42.5 Å². The van der Waals surface area contributed by atoms with Crippen LogP contribution < -0.4 is 11.1 Å². The molecule has 0 radical (unpaired) electrons. The van der Waals surface area contributed by atoms with E-state index in [0.717, 1.165) is 22.4 Å². The molecule has 4 heteroatoms. The van der Waals surface area contributed by atoms with Gasteiger partial charge in [0.15, 0.2) is 0 Å². The fraction of sp³-hybridized carbons (Fsp3) is 0.188. The number of carbonyl (C=O) groups is 1. The molecule has 0 aliphatic carbocycles. The van der Waals surface area contributed by atoms with Crippen molar-refractivity contribution >= 4 is 11.6 Å². The zero-order chi connectivity index (χ0) is 14.5. The molecular weight excluding hydrogens is 252 g/mol. The second kappa shape index (κ2) is 6.21. The molecule has 0 aliphatic rings. The van der Waals surface area contributed by atoms with Crippen molar-refractivity contribution in [1.29, 1.82) is 0 Å². The third kappa shape index (κ3) is 3.59. The number of phenolic OH excluding ortho intramolecular Hbond substituents is 1. The highest BCUT2D eigenvalue weighted by atomic mass is 16.3. The number of carbonyl (C=O) groups excluding carboxylic acids is 1. The van der Waals surface area contributed by atoms with Crippen LogP contribution in [0.5, 0.6) is 5.75 Å². The van der Waals surface area contributed by atoms with E-state index in [4.69, 9.17) is 5.73 Å². The highest BCUT2D eigenvalue weighted by Crippen LogP contribution is 2.18. The lowest BCUT2D eigenvalue weighted by Gasteiger charge is -2.10. The van der Waals surface area contributed by atoms with Gasteiger partial charge in [-0.25, -0.2) is 0 Å². The van der Waals surface area contributed by atoms with E-state index >= 15 is 0 Å². The summed E-state index contributed by atoms with van der Waals surface area (Å²) < 4.78 is 0. The molecule has 0 bridgehead atoms. The molecular formula is C16H18N2O2.